The number of carbonyl (C=O) groups is 1. The number of aromatic nitrogens is 2. The van der Waals surface area contributed by atoms with Gasteiger partial charge in [-0.2, -0.15) is 0 Å². The first-order chi connectivity index (χ1) is 10.2. The normalized spacial score (nSPS) is 22.6. The standard InChI is InChI=1S/C16H18N2O3/c19-16(20)11-5-6-14-13(8-11)17-15(10-3-4-10)18(14)12-2-1-7-21-9-12/h5-6,8,10,12H,1-4,7,9H2,(H,19,20). The fraction of sp³-hybridized carbons (Fsp3) is 0.500. The van der Waals surface area contributed by atoms with Crippen LogP contribution in [0.1, 0.15) is 53.8 Å². The average Bonchev–Trinajstić information content (AvgIpc) is 3.28. The molecule has 21 heavy (non-hydrogen) atoms. The number of rotatable bonds is 3. The molecule has 110 valence electrons. The van der Waals surface area contributed by atoms with Crippen LogP contribution >= 0.6 is 0 Å². The largest absolute Gasteiger partial charge is 0.478 e. The van der Waals surface area contributed by atoms with Gasteiger partial charge in [-0.15, -0.1) is 0 Å². The summed E-state index contributed by atoms with van der Waals surface area (Å²) in [6, 6.07) is 5.58. The number of fused-ring (bicyclic) bond motifs is 1. The molecule has 1 atom stereocenters. The first-order valence-corrected chi connectivity index (χ1v) is 7.57. The molecule has 1 aliphatic carbocycles. The molecule has 2 fully saturated rings. The topological polar surface area (TPSA) is 64.3 Å². The predicted octanol–water partition coefficient (Wildman–Crippen LogP) is 2.96. The van der Waals surface area contributed by atoms with Crippen LogP contribution in [0.3, 0.4) is 0 Å². The van der Waals surface area contributed by atoms with E-state index >= 15 is 0 Å². The molecular formula is C16H18N2O3. The molecule has 1 aromatic carbocycles. The van der Waals surface area contributed by atoms with Gasteiger partial charge in [0.1, 0.15) is 5.82 Å². The Balaban J connectivity index is 1.85. The number of benzene rings is 1. The van der Waals surface area contributed by atoms with E-state index in [1.54, 1.807) is 12.1 Å². The summed E-state index contributed by atoms with van der Waals surface area (Å²) in [7, 11) is 0. The molecule has 5 nitrogen and oxygen atoms in total. The van der Waals surface area contributed by atoms with Crippen molar-refractivity contribution >= 4 is 17.0 Å². The molecule has 0 bridgehead atoms. The van der Waals surface area contributed by atoms with Crippen LogP contribution in [0, 0.1) is 0 Å². The summed E-state index contributed by atoms with van der Waals surface area (Å²) in [6.07, 6.45) is 4.54. The molecule has 0 radical (unpaired) electrons. The summed E-state index contributed by atoms with van der Waals surface area (Å²) in [6.45, 7) is 1.57. The monoisotopic (exact) mass is 286 g/mol. The van der Waals surface area contributed by atoms with Crippen LogP contribution in [0.2, 0.25) is 0 Å². The van der Waals surface area contributed by atoms with Crippen molar-refractivity contribution < 1.29 is 14.6 Å². The van der Waals surface area contributed by atoms with Crippen molar-refractivity contribution in [3.63, 3.8) is 0 Å². The number of hydrogen-bond donors (Lipinski definition) is 1. The average molecular weight is 286 g/mol. The Morgan fingerprint density at radius 3 is 2.86 bits per heavy atom. The maximum Gasteiger partial charge on any atom is 0.335 e. The Kier molecular flexibility index (Phi) is 2.96. The molecule has 0 amide bonds. The second-order valence-electron chi connectivity index (χ2n) is 5.99. The van der Waals surface area contributed by atoms with Crippen LogP contribution in [-0.2, 0) is 4.74 Å². The molecule has 1 saturated heterocycles. The minimum Gasteiger partial charge on any atom is -0.478 e. The maximum absolute atomic E-state index is 11.1. The highest BCUT2D eigenvalue weighted by Crippen LogP contribution is 2.42. The lowest BCUT2D eigenvalue weighted by molar-refractivity contribution is 0.0595. The van der Waals surface area contributed by atoms with Gasteiger partial charge < -0.3 is 14.4 Å². The van der Waals surface area contributed by atoms with Crippen LogP contribution in [0.15, 0.2) is 18.2 Å². The lowest BCUT2D eigenvalue weighted by Gasteiger charge is -2.25. The minimum atomic E-state index is -0.902. The number of carboxylic acids is 1. The molecule has 1 unspecified atom stereocenters. The van der Waals surface area contributed by atoms with Gasteiger partial charge in [-0.05, 0) is 43.9 Å². The van der Waals surface area contributed by atoms with Crippen molar-refractivity contribution in [1.82, 2.24) is 9.55 Å². The van der Waals surface area contributed by atoms with Crippen molar-refractivity contribution in [2.75, 3.05) is 13.2 Å². The van der Waals surface area contributed by atoms with E-state index in [9.17, 15) is 4.79 Å². The summed E-state index contributed by atoms with van der Waals surface area (Å²) in [4.78, 5) is 15.9. The van der Waals surface area contributed by atoms with E-state index in [2.05, 4.69) is 4.57 Å². The predicted molar refractivity (Wildman–Crippen MR) is 77.8 cm³/mol. The molecule has 1 saturated carbocycles. The van der Waals surface area contributed by atoms with Gasteiger partial charge in [0.15, 0.2) is 0 Å². The molecule has 2 heterocycles. The van der Waals surface area contributed by atoms with Crippen LogP contribution in [0.4, 0.5) is 0 Å². The van der Waals surface area contributed by atoms with Crippen LogP contribution < -0.4 is 0 Å². The highest BCUT2D eigenvalue weighted by atomic mass is 16.5. The smallest absolute Gasteiger partial charge is 0.335 e. The molecule has 4 rings (SSSR count). The third-order valence-electron chi connectivity index (χ3n) is 4.41. The van der Waals surface area contributed by atoms with Crippen molar-refractivity contribution in [2.24, 2.45) is 0 Å². The highest BCUT2D eigenvalue weighted by Gasteiger charge is 2.32. The summed E-state index contributed by atoms with van der Waals surface area (Å²) < 4.78 is 7.93. The zero-order valence-electron chi connectivity index (χ0n) is 11.8. The Morgan fingerprint density at radius 1 is 1.33 bits per heavy atom. The third-order valence-corrected chi connectivity index (χ3v) is 4.41. The summed E-state index contributed by atoms with van der Waals surface area (Å²) in [5.74, 6) is 0.746. The Morgan fingerprint density at radius 2 is 2.19 bits per heavy atom. The Hall–Kier alpha value is -1.88. The minimum absolute atomic E-state index is 0.300. The van der Waals surface area contributed by atoms with Crippen molar-refractivity contribution in [3.05, 3.63) is 29.6 Å². The van der Waals surface area contributed by atoms with E-state index in [0.29, 0.717) is 17.5 Å². The number of nitrogens with zero attached hydrogens (tertiary/aromatic N) is 2. The summed E-state index contributed by atoms with van der Waals surface area (Å²) >= 11 is 0. The van der Waals surface area contributed by atoms with Crippen molar-refractivity contribution in [1.29, 1.82) is 0 Å². The quantitative estimate of drug-likeness (QED) is 0.942. The van der Waals surface area contributed by atoms with Gasteiger partial charge in [0.2, 0.25) is 0 Å². The van der Waals surface area contributed by atoms with E-state index in [4.69, 9.17) is 14.8 Å². The van der Waals surface area contributed by atoms with Gasteiger partial charge >= 0.3 is 5.97 Å². The van der Waals surface area contributed by atoms with Crippen LogP contribution in [-0.4, -0.2) is 33.8 Å². The van der Waals surface area contributed by atoms with Gasteiger partial charge in [-0.3, -0.25) is 0 Å². The molecule has 2 aliphatic rings. The fourth-order valence-corrected chi connectivity index (χ4v) is 3.19. The number of carboxylic acid groups (broad SMARTS) is 1. The molecule has 1 N–H and O–H groups in total. The van der Waals surface area contributed by atoms with E-state index in [0.717, 1.165) is 42.9 Å². The lowest BCUT2D eigenvalue weighted by Crippen LogP contribution is -2.22. The zero-order chi connectivity index (χ0) is 14.4. The van der Waals surface area contributed by atoms with Gasteiger partial charge in [-0.25, -0.2) is 9.78 Å². The first-order valence-electron chi connectivity index (χ1n) is 7.57. The summed E-state index contributed by atoms with van der Waals surface area (Å²) in [5, 5.41) is 9.14. The maximum atomic E-state index is 11.1. The van der Waals surface area contributed by atoms with Gasteiger partial charge in [0.25, 0.3) is 0 Å². The zero-order valence-corrected chi connectivity index (χ0v) is 11.8. The SMILES string of the molecule is O=C(O)c1ccc2c(c1)nc(C1CC1)n2C1CCCOC1. The molecular weight excluding hydrogens is 268 g/mol. The second-order valence-corrected chi connectivity index (χ2v) is 5.99. The number of hydrogen-bond acceptors (Lipinski definition) is 3. The first kappa shape index (κ1) is 12.8. The van der Waals surface area contributed by atoms with E-state index in [-0.39, 0.29) is 0 Å². The molecule has 1 aliphatic heterocycles. The molecule has 1 aromatic heterocycles. The lowest BCUT2D eigenvalue weighted by atomic mass is 10.1. The van der Waals surface area contributed by atoms with Crippen LogP contribution in [0.25, 0.3) is 11.0 Å². The molecule has 2 aromatic rings. The number of aromatic carboxylic acids is 1. The molecule has 5 heteroatoms. The van der Waals surface area contributed by atoms with E-state index in [1.165, 1.54) is 12.8 Å². The van der Waals surface area contributed by atoms with Gasteiger partial charge in [-0.1, -0.05) is 0 Å². The van der Waals surface area contributed by atoms with Gasteiger partial charge in [0.05, 0.1) is 29.2 Å². The Bertz CT molecular complexity index is 697. The van der Waals surface area contributed by atoms with E-state index in [1.807, 2.05) is 6.07 Å². The molecule has 0 spiro atoms. The van der Waals surface area contributed by atoms with E-state index < -0.39 is 5.97 Å². The highest BCUT2D eigenvalue weighted by molar-refractivity contribution is 5.92. The van der Waals surface area contributed by atoms with Crippen molar-refractivity contribution in [2.45, 2.75) is 37.6 Å². The van der Waals surface area contributed by atoms with Crippen LogP contribution in [0.5, 0.6) is 0 Å². The second kappa shape index (κ2) is 4.84. The number of imidazole rings is 1. The summed E-state index contributed by atoms with van der Waals surface area (Å²) in [5.41, 5.74) is 2.13. The number of ether oxygens (including phenoxy) is 1. The van der Waals surface area contributed by atoms with Gasteiger partial charge in [0, 0.05) is 12.5 Å². The Labute approximate surface area is 122 Å². The fourth-order valence-electron chi connectivity index (χ4n) is 3.19. The van der Waals surface area contributed by atoms with Crippen molar-refractivity contribution in [3.8, 4) is 0 Å². The third kappa shape index (κ3) is 2.21.